The number of alkyl halides is 4. The van der Waals surface area contributed by atoms with Crippen LogP contribution in [0.15, 0.2) is 48.5 Å². The molecule has 0 aliphatic carbocycles. The van der Waals surface area contributed by atoms with Gasteiger partial charge in [0.1, 0.15) is 0 Å². The molecule has 0 radical (unpaired) electrons. The standard InChI is InChI=1S/C24H28Cl2F4O2S2/c1-3-31-21(32-4-2)13-23(27,28)24(29,30)14-22(33-15-17-5-9-19(25)10-6-17)34-16-18-7-11-20(26)12-8-18/h5-12,21-22H,3-4,13-16H2,1-2H3. The number of hydrogen-bond donors (Lipinski definition) is 0. The fraction of sp³-hybridized carbons (Fsp3) is 0.500. The number of benzene rings is 2. The van der Waals surface area contributed by atoms with Crippen LogP contribution in [0.3, 0.4) is 0 Å². The Morgan fingerprint density at radius 1 is 0.706 bits per heavy atom. The van der Waals surface area contributed by atoms with E-state index in [9.17, 15) is 17.6 Å². The van der Waals surface area contributed by atoms with Crippen molar-refractivity contribution in [3.8, 4) is 0 Å². The van der Waals surface area contributed by atoms with Crippen LogP contribution in [0.1, 0.15) is 37.8 Å². The summed E-state index contributed by atoms with van der Waals surface area (Å²) in [4.78, 5) is 0. The highest BCUT2D eigenvalue weighted by Gasteiger charge is 2.57. The minimum Gasteiger partial charge on any atom is -0.353 e. The molecule has 0 heterocycles. The van der Waals surface area contributed by atoms with Crippen LogP contribution in [-0.4, -0.2) is 35.9 Å². The van der Waals surface area contributed by atoms with Crippen molar-refractivity contribution in [3.63, 3.8) is 0 Å². The second-order valence-electron chi connectivity index (χ2n) is 7.46. The minimum absolute atomic E-state index is 0.0861. The molecule has 0 aromatic heterocycles. The van der Waals surface area contributed by atoms with Crippen molar-refractivity contribution in [2.75, 3.05) is 13.2 Å². The first-order valence-corrected chi connectivity index (χ1v) is 13.6. The number of ether oxygens (including phenoxy) is 2. The first-order valence-electron chi connectivity index (χ1n) is 10.8. The van der Waals surface area contributed by atoms with E-state index >= 15 is 0 Å². The third-order valence-electron chi connectivity index (χ3n) is 4.78. The molecule has 0 saturated carbocycles. The van der Waals surface area contributed by atoms with Gasteiger partial charge < -0.3 is 9.47 Å². The Kier molecular flexibility index (Phi) is 12.3. The second kappa shape index (κ2) is 14.2. The summed E-state index contributed by atoms with van der Waals surface area (Å²) in [6.45, 7) is 3.37. The van der Waals surface area contributed by atoms with Crippen molar-refractivity contribution in [2.45, 2.75) is 60.9 Å². The van der Waals surface area contributed by atoms with Crippen molar-refractivity contribution in [1.82, 2.24) is 0 Å². The number of thioether (sulfide) groups is 2. The molecule has 0 aliphatic heterocycles. The zero-order valence-corrected chi connectivity index (χ0v) is 22.1. The largest absolute Gasteiger partial charge is 0.353 e. The molecule has 10 heteroatoms. The van der Waals surface area contributed by atoms with Gasteiger partial charge in [0.2, 0.25) is 0 Å². The van der Waals surface area contributed by atoms with Gasteiger partial charge in [-0.15, -0.1) is 23.5 Å². The van der Waals surface area contributed by atoms with Crippen LogP contribution in [0.4, 0.5) is 17.6 Å². The highest BCUT2D eigenvalue weighted by molar-refractivity contribution is 8.16. The summed E-state index contributed by atoms with van der Waals surface area (Å²) >= 11 is 14.2. The summed E-state index contributed by atoms with van der Waals surface area (Å²) in [5.74, 6) is -7.76. The molecule has 2 rings (SSSR count). The lowest BCUT2D eigenvalue weighted by atomic mass is 10.1. The summed E-state index contributed by atoms with van der Waals surface area (Å²) in [5.41, 5.74) is 1.74. The Balaban J connectivity index is 2.12. The van der Waals surface area contributed by atoms with E-state index in [2.05, 4.69) is 0 Å². The van der Waals surface area contributed by atoms with Crippen LogP contribution in [0.25, 0.3) is 0 Å². The normalized spacial score (nSPS) is 12.6. The molecular weight excluding hydrogens is 531 g/mol. The first-order chi connectivity index (χ1) is 16.1. The van der Waals surface area contributed by atoms with E-state index in [-0.39, 0.29) is 13.2 Å². The van der Waals surface area contributed by atoms with E-state index in [0.29, 0.717) is 21.6 Å². The van der Waals surface area contributed by atoms with E-state index < -0.39 is 35.6 Å². The third kappa shape index (κ3) is 9.78. The Labute approximate surface area is 217 Å². The van der Waals surface area contributed by atoms with E-state index in [1.807, 2.05) is 0 Å². The topological polar surface area (TPSA) is 18.5 Å². The third-order valence-corrected chi connectivity index (χ3v) is 8.18. The minimum atomic E-state index is -4.29. The fourth-order valence-corrected chi connectivity index (χ4v) is 5.80. The molecule has 190 valence electrons. The van der Waals surface area contributed by atoms with Gasteiger partial charge in [0.15, 0.2) is 6.29 Å². The van der Waals surface area contributed by atoms with Gasteiger partial charge in [-0.25, -0.2) is 0 Å². The predicted octanol–water partition coefficient (Wildman–Crippen LogP) is 8.94. The molecule has 0 amide bonds. The van der Waals surface area contributed by atoms with Crippen LogP contribution in [0.5, 0.6) is 0 Å². The lowest BCUT2D eigenvalue weighted by Crippen LogP contribution is -2.45. The number of rotatable bonds is 15. The van der Waals surface area contributed by atoms with E-state index in [4.69, 9.17) is 32.7 Å². The molecule has 2 aromatic rings. The predicted molar refractivity (Wildman–Crippen MR) is 135 cm³/mol. The Bertz CT molecular complexity index is 800. The first kappa shape index (κ1) is 29.6. The van der Waals surface area contributed by atoms with Crippen LogP contribution in [0, 0.1) is 0 Å². The highest BCUT2D eigenvalue weighted by atomic mass is 35.5. The zero-order valence-electron chi connectivity index (χ0n) is 18.9. The van der Waals surface area contributed by atoms with Crippen molar-refractivity contribution in [1.29, 1.82) is 0 Å². The summed E-state index contributed by atoms with van der Waals surface area (Å²) in [5, 5.41) is 1.12. The summed E-state index contributed by atoms with van der Waals surface area (Å²) < 4.78 is 68.7. The average Bonchev–Trinajstić information content (AvgIpc) is 2.77. The number of halogens is 6. The Morgan fingerprint density at radius 2 is 1.09 bits per heavy atom. The molecule has 0 aliphatic rings. The molecule has 0 bridgehead atoms. The smallest absolute Gasteiger partial charge is 0.315 e. The highest BCUT2D eigenvalue weighted by Crippen LogP contribution is 2.46. The van der Waals surface area contributed by atoms with E-state index in [1.165, 1.54) is 23.5 Å². The molecule has 2 aromatic carbocycles. The molecule has 0 unspecified atom stereocenters. The van der Waals surface area contributed by atoms with Gasteiger partial charge in [-0.3, -0.25) is 0 Å². The van der Waals surface area contributed by atoms with Crippen LogP contribution in [-0.2, 0) is 21.0 Å². The van der Waals surface area contributed by atoms with E-state index in [0.717, 1.165) is 11.1 Å². The van der Waals surface area contributed by atoms with Crippen molar-refractivity contribution in [3.05, 3.63) is 69.7 Å². The lowest BCUT2D eigenvalue weighted by Gasteiger charge is -2.31. The molecular formula is C24H28Cl2F4O2S2. The Hall–Kier alpha value is -0.640. The lowest BCUT2D eigenvalue weighted by molar-refractivity contribution is -0.253. The molecule has 34 heavy (non-hydrogen) atoms. The van der Waals surface area contributed by atoms with Crippen molar-refractivity contribution < 1.29 is 27.0 Å². The average molecular weight is 560 g/mol. The molecule has 0 spiro atoms. The molecule has 2 nitrogen and oxygen atoms in total. The van der Waals surface area contributed by atoms with Crippen molar-refractivity contribution >= 4 is 46.7 Å². The van der Waals surface area contributed by atoms with Gasteiger partial charge in [-0.2, -0.15) is 17.6 Å². The molecule has 0 atom stereocenters. The summed E-state index contributed by atoms with van der Waals surface area (Å²) in [6, 6.07) is 14.0. The van der Waals surface area contributed by atoms with Gasteiger partial charge in [0, 0.05) is 41.2 Å². The van der Waals surface area contributed by atoms with Gasteiger partial charge in [-0.05, 0) is 49.2 Å². The summed E-state index contributed by atoms with van der Waals surface area (Å²) in [7, 11) is 0. The maximum atomic E-state index is 14.9. The monoisotopic (exact) mass is 558 g/mol. The SMILES string of the molecule is CCOC(CC(F)(F)C(F)(F)CC(SCc1ccc(Cl)cc1)SCc1ccc(Cl)cc1)OCC. The maximum Gasteiger partial charge on any atom is 0.315 e. The molecule has 0 saturated heterocycles. The maximum absolute atomic E-state index is 14.9. The van der Waals surface area contributed by atoms with Gasteiger partial charge in [0.05, 0.1) is 11.0 Å². The molecule has 0 fully saturated rings. The second-order valence-corrected chi connectivity index (χ2v) is 11.0. The molecule has 0 N–H and O–H groups in total. The van der Waals surface area contributed by atoms with Crippen LogP contribution < -0.4 is 0 Å². The van der Waals surface area contributed by atoms with Gasteiger partial charge in [0.25, 0.3) is 0 Å². The quantitative estimate of drug-likeness (QED) is 0.160. The van der Waals surface area contributed by atoms with Crippen LogP contribution in [0.2, 0.25) is 10.0 Å². The number of hydrogen-bond acceptors (Lipinski definition) is 4. The summed E-state index contributed by atoms with van der Waals surface area (Å²) in [6.07, 6.45) is -3.60. The zero-order chi connectivity index (χ0) is 25.2. The van der Waals surface area contributed by atoms with Crippen molar-refractivity contribution in [2.24, 2.45) is 0 Å². The van der Waals surface area contributed by atoms with Crippen LogP contribution >= 0.6 is 46.7 Å². The van der Waals surface area contributed by atoms with Gasteiger partial charge >= 0.3 is 11.8 Å². The Morgan fingerprint density at radius 3 is 1.47 bits per heavy atom. The van der Waals surface area contributed by atoms with Gasteiger partial charge in [-0.1, -0.05) is 47.5 Å². The fourth-order valence-electron chi connectivity index (χ4n) is 2.96. The van der Waals surface area contributed by atoms with E-state index in [1.54, 1.807) is 62.4 Å².